The third-order valence-electron chi connectivity index (χ3n) is 9.55. The first-order chi connectivity index (χ1) is 27.1. The molecule has 0 fully saturated rings. The van der Waals surface area contributed by atoms with E-state index in [1.54, 1.807) is 23.5 Å². The van der Waals surface area contributed by atoms with Gasteiger partial charge < -0.3 is 9.55 Å². The minimum Gasteiger partial charge on any atom is -0.333 e. The maximum absolute atomic E-state index is 8.48. The molecule has 54 heavy (non-hydrogen) atoms. The van der Waals surface area contributed by atoms with Gasteiger partial charge in [-0.3, -0.25) is 4.98 Å². The average Bonchev–Trinajstić information content (AvgIpc) is 3.75. The summed E-state index contributed by atoms with van der Waals surface area (Å²) in [6.45, 7) is 10.4. The standard InChI is InChI=1S/C29H18N3S.C18H24NSi.Ir/c1-18-13-16-23-22-9-6-10-24(27(22)33-29(23)30-18)28-31-25-11-4-5-12-26(25)32(28)21-15-14-19-7-2-3-8-20(19)17-21;1-13(2)16-11-17(15-9-7-14(3)8-10-15)19-12-18(16)20(4,5)6;/h2-9,11-17H,1H3;7-9,11-13H,1-6H3;/q2*-1;/i;3D3,13D;. The Balaban J connectivity index is 0.000000184. The third-order valence-corrected chi connectivity index (χ3v) is 12.7. The second kappa shape index (κ2) is 15.2. The van der Waals surface area contributed by atoms with Crippen LogP contribution in [0.5, 0.6) is 0 Å². The van der Waals surface area contributed by atoms with Gasteiger partial charge in [-0.1, -0.05) is 111 Å². The van der Waals surface area contributed by atoms with Crippen LogP contribution in [0.3, 0.4) is 0 Å². The van der Waals surface area contributed by atoms with Crippen molar-refractivity contribution in [2.45, 2.75) is 53.2 Å². The summed E-state index contributed by atoms with van der Waals surface area (Å²) in [7, 11) is -1.61. The number of hydrogen-bond donors (Lipinski definition) is 0. The first-order valence-electron chi connectivity index (χ1n) is 19.8. The zero-order valence-electron chi connectivity index (χ0n) is 35.1. The molecule has 0 bridgehead atoms. The van der Waals surface area contributed by atoms with Gasteiger partial charge in [0, 0.05) is 43.2 Å². The predicted octanol–water partition coefficient (Wildman–Crippen LogP) is 12.2. The Morgan fingerprint density at radius 3 is 2.39 bits per heavy atom. The SMILES string of the molecule is Cc1ccc2c(n1)sc1c(-c3nc4ccccc4n3-c3ccc4ccccc4c3)[c-]ccc12.[2H]C([2H])([2H])c1c[c-]c(-c2cc(C([2H])(C)C)c([Si](C)(C)C)cn2)cc1.[Ir]. The van der Waals surface area contributed by atoms with E-state index < -0.39 is 20.8 Å². The van der Waals surface area contributed by atoms with E-state index in [1.165, 1.54) is 37.5 Å². The van der Waals surface area contributed by atoms with E-state index in [9.17, 15) is 0 Å². The normalized spacial score (nSPS) is 13.1. The summed E-state index contributed by atoms with van der Waals surface area (Å²) in [5, 5.41) is 6.01. The number of fused-ring (bicyclic) bond motifs is 5. The number of aromatic nitrogens is 4. The number of benzene rings is 5. The number of imidazole rings is 1. The molecule has 4 aromatic heterocycles. The molecule has 0 aliphatic rings. The summed E-state index contributed by atoms with van der Waals surface area (Å²) in [6.07, 6.45) is 1.89. The quantitative estimate of drug-likeness (QED) is 0.128. The van der Waals surface area contributed by atoms with Gasteiger partial charge in [0.25, 0.3) is 0 Å². The predicted molar refractivity (Wildman–Crippen MR) is 229 cm³/mol. The van der Waals surface area contributed by atoms with Crippen molar-refractivity contribution in [2.24, 2.45) is 0 Å². The Bertz CT molecular complexity index is 2940. The molecule has 4 nitrogen and oxygen atoms in total. The van der Waals surface area contributed by atoms with E-state index >= 15 is 0 Å². The topological polar surface area (TPSA) is 43.6 Å². The van der Waals surface area contributed by atoms with Gasteiger partial charge in [-0.25, -0.2) is 4.98 Å². The molecular formula is C47H42IrN4SSi-2. The Hall–Kier alpha value is -4.78. The molecule has 9 rings (SSSR count). The summed E-state index contributed by atoms with van der Waals surface area (Å²) in [5.74, 6) is 0.187. The molecular weight excluding hydrogens is 873 g/mol. The van der Waals surface area contributed by atoms with Gasteiger partial charge in [0.1, 0.15) is 4.83 Å². The van der Waals surface area contributed by atoms with Crippen LogP contribution in [0.2, 0.25) is 19.6 Å². The maximum Gasteiger partial charge on any atom is 0.113 e. The van der Waals surface area contributed by atoms with Gasteiger partial charge >= 0.3 is 0 Å². The number of para-hydroxylation sites is 2. The first-order valence-corrected chi connectivity index (χ1v) is 22.1. The first kappa shape index (κ1) is 32.6. The number of nitrogens with zero attached hydrogens (tertiary/aromatic N) is 4. The fourth-order valence-electron chi connectivity index (χ4n) is 6.85. The smallest absolute Gasteiger partial charge is 0.113 e. The number of thiophene rings is 1. The number of aryl methyl sites for hydroxylation is 2. The van der Waals surface area contributed by atoms with Crippen LogP contribution in [-0.4, -0.2) is 27.6 Å². The molecule has 0 saturated carbocycles. The minimum atomic E-state index is -2.13. The van der Waals surface area contributed by atoms with E-state index in [-0.39, 0.29) is 25.7 Å². The Kier molecular flexibility index (Phi) is 9.16. The van der Waals surface area contributed by atoms with Gasteiger partial charge in [-0.2, -0.15) is 11.3 Å². The third kappa shape index (κ3) is 7.22. The van der Waals surface area contributed by atoms with Gasteiger partial charge in [-0.15, -0.1) is 53.6 Å². The van der Waals surface area contributed by atoms with Crippen LogP contribution in [0.4, 0.5) is 0 Å². The van der Waals surface area contributed by atoms with Crippen molar-refractivity contribution in [3.8, 4) is 28.3 Å². The molecule has 4 heterocycles. The molecule has 0 amide bonds. The van der Waals surface area contributed by atoms with Crippen molar-refractivity contribution in [3.05, 3.63) is 150 Å². The molecule has 9 aromatic rings. The van der Waals surface area contributed by atoms with E-state index in [0.29, 0.717) is 0 Å². The molecule has 1 radical (unpaired) electrons. The molecule has 0 saturated heterocycles. The van der Waals surface area contributed by atoms with Crippen LogP contribution in [-0.2, 0) is 20.1 Å². The second-order valence-electron chi connectivity index (χ2n) is 14.7. The summed E-state index contributed by atoms with van der Waals surface area (Å²) in [6, 6.07) is 45.1. The summed E-state index contributed by atoms with van der Waals surface area (Å²) in [5.41, 5.74) is 7.92. The van der Waals surface area contributed by atoms with Crippen molar-refractivity contribution in [2.75, 3.05) is 0 Å². The second-order valence-corrected chi connectivity index (χ2v) is 20.7. The maximum atomic E-state index is 8.48. The largest absolute Gasteiger partial charge is 0.333 e. The molecule has 0 N–H and O–H groups in total. The zero-order valence-corrected chi connectivity index (χ0v) is 35.3. The van der Waals surface area contributed by atoms with Crippen LogP contribution < -0.4 is 5.19 Å². The molecule has 5 aromatic carbocycles. The monoisotopic (exact) mass is 919 g/mol. The van der Waals surface area contributed by atoms with Crippen LogP contribution in [0.25, 0.3) is 70.4 Å². The average molecular weight is 919 g/mol. The Morgan fingerprint density at radius 1 is 0.833 bits per heavy atom. The van der Waals surface area contributed by atoms with E-state index in [4.69, 9.17) is 15.5 Å². The van der Waals surface area contributed by atoms with Crippen LogP contribution in [0.1, 0.15) is 42.0 Å². The van der Waals surface area contributed by atoms with Crippen LogP contribution in [0.15, 0.2) is 121 Å². The molecule has 0 aliphatic heterocycles. The van der Waals surface area contributed by atoms with Crippen molar-refractivity contribution < 1.29 is 25.6 Å². The van der Waals surface area contributed by atoms with Crippen LogP contribution >= 0.6 is 11.3 Å². The number of hydrogen-bond acceptors (Lipinski definition) is 4. The zero-order chi connectivity index (χ0) is 40.3. The Morgan fingerprint density at radius 2 is 1.63 bits per heavy atom. The van der Waals surface area contributed by atoms with Gasteiger partial charge in [0.05, 0.1) is 24.9 Å². The molecule has 0 spiro atoms. The number of rotatable bonds is 5. The molecule has 0 aliphatic carbocycles. The van der Waals surface area contributed by atoms with E-state index in [0.717, 1.165) is 55.5 Å². The summed E-state index contributed by atoms with van der Waals surface area (Å²) < 4.78 is 34.2. The van der Waals surface area contributed by atoms with Gasteiger partial charge in [0.15, 0.2) is 0 Å². The van der Waals surface area contributed by atoms with Crippen molar-refractivity contribution in [1.82, 2.24) is 19.5 Å². The minimum absolute atomic E-state index is 0. The van der Waals surface area contributed by atoms with Crippen LogP contribution in [0, 0.1) is 25.9 Å². The molecule has 0 unspecified atom stereocenters. The fraction of sp³-hybridized carbons (Fsp3) is 0.170. The van der Waals surface area contributed by atoms with Crippen molar-refractivity contribution in [1.29, 1.82) is 0 Å². The van der Waals surface area contributed by atoms with Gasteiger partial charge in [-0.05, 0) is 74.9 Å². The number of pyridine rings is 2. The van der Waals surface area contributed by atoms with E-state index in [1.807, 2.05) is 45.2 Å². The molecule has 0 atom stereocenters. The molecule has 7 heteroatoms. The summed E-state index contributed by atoms with van der Waals surface area (Å²) >= 11 is 1.72. The van der Waals surface area contributed by atoms with Crippen molar-refractivity contribution >= 4 is 66.7 Å². The van der Waals surface area contributed by atoms with Gasteiger partial charge in [0.2, 0.25) is 0 Å². The van der Waals surface area contributed by atoms with E-state index in [2.05, 4.69) is 120 Å². The summed E-state index contributed by atoms with van der Waals surface area (Å²) in [4.78, 5) is 15.5. The molecule has 271 valence electrons. The Labute approximate surface area is 342 Å². The van der Waals surface area contributed by atoms with Crippen molar-refractivity contribution in [3.63, 3.8) is 0 Å². The fourth-order valence-corrected chi connectivity index (χ4v) is 9.64.